The third-order valence-electron chi connectivity index (χ3n) is 2.95. The highest BCUT2D eigenvalue weighted by Crippen LogP contribution is 2.27. The van der Waals surface area contributed by atoms with Crippen molar-refractivity contribution in [2.75, 3.05) is 19.6 Å². The van der Waals surface area contributed by atoms with Crippen LogP contribution < -0.4 is 5.32 Å². The van der Waals surface area contributed by atoms with Crippen molar-refractivity contribution in [3.05, 3.63) is 29.6 Å². The lowest BCUT2D eigenvalue weighted by Crippen LogP contribution is -2.53. The summed E-state index contributed by atoms with van der Waals surface area (Å²) in [7, 11) is 0. The van der Waals surface area contributed by atoms with Crippen molar-refractivity contribution in [3.63, 3.8) is 0 Å². The lowest BCUT2D eigenvalue weighted by atomic mass is 10.1. The molecule has 0 spiro atoms. The first-order chi connectivity index (χ1) is 9.43. The molecular weight excluding hydrogens is 273 g/mol. The summed E-state index contributed by atoms with van der Waals surface area (Å²) in [6.07, 6.45) is -3.65. The minimum absolute atomic E-state index is 0.0418. The summed E-state index contributed by atoms with van der Waals surface area (Å²) in [4.78, 5) is 16.7. The fraction of sp³-hybridized carbons (Fsp3) is 0.417. The van der Waals surface area contributed by atoms with Gasteiger partial charge in [-0.3, -0.25) is 9.78 Å². The molecule has 1 N–H and O–H groups in total. The maximum atomic E-state index is 12.4. The third kappa shape index (κ3) is 2.88. The lowest BCUT2D eigenvalue weighted by molar-refractivity contribution is -0.141. The Bertz CT molecular complexity index is 535. The minimum atomic E-state index is -4.54. The summed E-state index contributed by atoms with van der Waals surface area (Å²) in [6, 6.07) is 3.19. The van der Waals surface area contributed by atoms with E-state index in [-0.39, 0.29) is 5.56 Å². The predicted molar refractivity (Wildman–Crippen MR) is 62.5 cm³/mol. The number of nitrogens with zero attached hydrogens (tertiary/aromatic N) is 3. The molecular formula is C12H11F3N4O. The Labute approximate surface area is 113 Å². The van der Waals surface area contributed by atoms with E-state index in [9.17, 15) is 18.0 Å². The number of pyridine rings is 1. The highest BCUT2D eigenvalue weighted by atomic mass is 19.4. The van der Waals surface area contributed by atoms with Gasteiger partial charge < -0.3 is 10.2 Å². The zero-order chi connectivity index (χ0) is 14.8. The molecule has 1 saturated heterocycles. The number of aromatic nitrogens is 1. The van der Waals surface area contributed by atoms with Gasteiger partial charge in [0.2, 0.25) is 0 Å². The standard InChI is InChI=1S/C12H11F3N4O/c13-12(14,15)10-2-1-8(6-18-10)11(20)19-4-3-17-7-9(19)5-16/h1-2,6,9,17H,3-4,7H2. The van der Waals surface area contributed by atoms with Crippen LogP contribution in [0.1, 0.15) is 16.1 Å². The first kappa shape index (κ1) is 14.3. The molecule has 1 unspecified atom stereocenters. The molecule has 8 heteroatoms. The Hall–Kier alpha value is -2.14. The molecule has 0 radical (unpaired) electrons. The molecule has 1 aromatic heterocycles. The summed E-state index contributed by atoms with van der Waals surface area (Å²) in [6.45, 7) is 1.21. The first-order valence-electron chi connectivity index (χ1n) is 5.88. The van der Waals surface area contributed by atoms with Crippen LogP contribution in [0.2, 0.25) is 0 Å². The van der Waals surface area contributed by atoms with Gasteiger partial charge in [-0.15, -0.1) is 0 Å². The van der Waals surface area contributed by atoms with Crippen molar-refractivity contribution in [3.8, 4) is 6.07 Å². The Kier molecular flexibility index (Phi) is 3.90. The number of hydrogen-bond acceptors (Lipinski definition) is 4. The Morgan fingerprint density at radius 2 is 2.25 bits per heavy atom. The van der Waals surface area contributed by atoms with E-state index in [1.54, 1.807) is 0 Å². The van der Waals surface area contributed by atoms with E-state index in [4.69, 9.17) is 5.26 Å². The van der Waals surface area contributed by atoms with Crippen LogP contribution in [0.4, 0.5) is 13.2 Å². The van der Waals surface area contributed by atoms with E-state index in [2.05, 4.69) is 10.3 Å². The number of alkyl halides is 3. The van der Waals surface area contributed by atoms with Gasteiger partial charge in [-0.05, 0) is 12.1 Å². The van der Waals surface area contributed by atoms with Crippen LogP contribution in [-0.4, -0.2) is 41.5 Å². The fourth-order valence-corrected chi connectivity index (χ4v) is 1.92. The van der Waals surface area contributed by atoms with Gasteiger partial charge in [0.15, 0.2) is 0 Å². The minimum Gasteiger partial charge on any atom is -0.320 e. The maximum absolute atomic E-state index is 12.4. The summed E-state index contributed by atoms with van der Waals surface area (Å²) >= 11 is 0. The zero-order valence-electron chi connectivity index (χ0n) is 10.3. The molecule has 2 rings (SSSR count). The summed E-state index contributed by atoms with van der Waals surface area (Å²) < 4.78 is 37.1. The molecule has 2 heterocycles. The first-order valence-corrected chi connectivity index (χ1v) is 5.88. The number of carbonyl (C=O) groups is 1. The molecule has 1 aromatic rings. The molecule has 0 aliphatic carbocycles. The van der Waals surface area contributed by atoms with Crippen molar-refractivity contribution in [2.45, 2.75) is 12.2 Å². The van der Waals surface area contributed by atoms with Crippen LogP contribution >= 0.6 is 0 Å². The molecule has 20 heavy (non-hydrogen) atoms. The number of carbonyl (C=O) groups excluding carboxylic acids is 1. The highest BCUT2D eigenvalue weighted by molar-refractivity contribution is 5.94. The summed E-state index contributed by atoms with van der Waals surface area (Å²) in [5, 5.41) is 11.9. The van der Waals surface area contributed by atoms with Gasteiger partial charge in [-0.1, -0.05) is 0 Å². The Morgan fingerprint density at radius 3 is 2.80 bits per heavy atom. The third-order valence-corrected chi connectivity index (χ3v) is 2.95. The van der Waals surface area contributed by atoms with Gasteiger partial charge in [0.1, 0.15) is 11.7 Å². The molecule has 5 nitrogen and oxygen atoms in total. The molecule has 1 aliphatic rings. The van der Waals surface area contributed by atoms with Crippen LogP contribution in [-0.2, 0) is 6.18 Å². The van der Waals surface area contributed by atoms with Crippen LogP contribution in [0.3, 0.4) is 0 Å². The number of rotatable bonds is 1. The van der Waals surface area contributed by atoms with Crippen molar-refractivity contribution in [2.24, 2.45) is 0 Å². The number of nitrogens with one attached hydrogen (secondary N) is 1. The van der Waals surface area contributed by atoms with Crippen molar-refractivity contribution in [1.29, 1.82) is 5.26 Å². The molecule has 106 valence electrons. The van der Waals surface area contributed by atoms with Crippen molar-refractivity contribution >= 4 is 5.91 Å². The fourth-order valence-electron chi connectivity index (χ4n) is 1.92. The molecule has 0 saturated carbocycles. The second kappa shape index (κ2) is 5.46. The quantitative estimate of drug-likeness (QED) is 0.836. The smallest absolute Gasteiger partial charge is 0.320 e. The lowest BCUT2D eigenvalue weighted by Gasteiger charge is -2.31. The number of piperazine rings is 1. The van der Waals surface area contributed by atoms with Crippen LogP contribution in [0.25, 0.3) is 0 Å². The van der Waals surface area contributed by atoms with Crippen LogP contribution in [0.15, 0.2) is 18.3 Å². The van der Waals surface area contributed by atoms with E-state index in [0.29, 0.717) is 19.6 Å². The second-order valence-corrected chi connectivity index (χ2v) is 4.28. The van der Waals surface area contributed by atoms with E-state index in [1.807, 2.05) is 6.07 Å². The second-order valence-electron chi connectivity index (χ2n) is 4.28. The molecule has 1 amide bonds. The van der Waals surface area contributed by atoms with E-state index < -0.39 is 23.8 Å². The monoisotopic (exact) mass is 284 g/mol. The molecule has 1 aliphatic heterocycles. The number of amides is 1. The molecule has 0 bridgehead atoms. The molecule has 1 atom stereocenters. The highest BCUT2D eigenvalue weighted by Gasteiger charge is 2.33. The molecule has 0 aromatic carbocycles. The van der Waals surface area contributed by atoms with E-state index >= 15 is 0 Å². The topological polar surface area (TPSA) is 69.0 Å². The maximum Gasteiger partial charge on any atom is 0.433 e. The van der Waals surface area contributed by atoms with Crippen molar-refractivity contribution in [1.82, 2.24) is 15.2 Å². The Morgan fingerprint density at radius 1 is 1.50 bits per heavy atom. The largest absolute Gasteiger partial charge is 0.433 e. The van der Waals surface area contributed by atoms with Gasteiger partial charge in [0, 0.05) is 25.8 Å². The summed E-state index contributed by atoms with van der Waals surface area (Å²) in [5.41, 5.74) is -1.01. The SMILES string of the molecule is N#CC1CNCCN1C(=O)c1ccc(C(F)(F)F)nc1. The van der Waals surface area contributed by atoms with E-state index in [1.165, 1.54) is 4.90 Å². The number of nitriles is 1. The van der Waals surface area contributed by atoms with Crippen molar-refractivity contribution < 1.29 is 18.0 Å². The number of halogens is 3. The van der Waals surface area contributed by atoms with Crippen LogP contribution in [0.5, 0.6) is 0 Å². The van der Waals surface area contributed by atoms with Gasteiger partial charge in [-0.2, -0.15) is 18.4 Å². The Balaban J connectivity index is 2.19. The number of hydrogen-bond donors (Lipinski definition) is 1. The predicted octanol–water partition coefficient (Wildman–Crippen LogP) is 1.04. The van der Waals surface area contributed by atoms with Crippen LogP contribution in [0, 0.1) is 11.3 Å². The summed E-state index contributed by atoms with van der Waals surface area (Å²) in [5.74, 6) is -0.487. The average molecular weight is 284 g/mol. The zero-order valence-corrected chi connectivity index (χ0v) is 10.3. The van der Waals surface area contributed by atoms with Gasteiger partial charge >= 0.3 is 6.18 Å². The van der Waals surface area contributed by atoms with Gasteiger partial charge in [0.25, 0.3) is 5.91 Å². The molecule has 1 fully saturated rings. The normalized spacial score (nSPS) is 19.5. The van der Waals surface area contributed by atoms with E-state index in [0.717, 1.165) is 18.3 Å². The van der Waals surface area contributed by atoms with Gasteiger partial charge in [0.05, 0.1) is 11.6 Å². The average Bonchev–Trinajstić information content (AvgIpc) is 2.45. The van der Waals surface area contributed by atoms with Gasteiger partial charge in [-0.25, -0.2) is 0 Å².